The van der Waals surface area contributed by atoms with E-state index in [9.17, 15) is 19.5 Å². The van der Waals surface area contributed by atoms with E-state index >= 15 is 0 Å². The van der Waals surface area contributed by atoms with Crippen LogP contribution in [-0.4, -0.2) is 54.5 Å². The number of aliphatic hydroxyl groups is 1. The number of methoxy groups -OCH3 is 1. The normalized spacial score (nSPS) is 18.1. The van der Waals surface area contributed by atoms with E-state index < -0.39 is 23.7 Å². The van der Waals surface area contributed by atoms with Crippen LogP contribution in [0.1, 0.15) is 33.1 Å². The van der Waals surface area contributed by atoms with Gasteiger partial charge in [-0.1, -0.05) is 42.5 Å². The predicted molar refractivity (Wildman–Crippen MR) is 134 cm³/mol. The number of nitrogens with zero attached hydrogens (tertiary/aromatic N) is 1. The van der Waals surface area contributed by atoms with E-state index in [4.69, 9.17) is 14.2 Å². The van der Waals surface area contributed by atoms with Gasteiger partial charge in [0.15, 0.2) is 11.5 Å². The summed E-state index contributed by atoms with van der Waals surface area (Å²) >= 11 is 0. The number of ether oxygens (including phenoxy) is 3. The molecule has 0 bridgehead atoms. The second-order valence-corrected chi connectivity index (χ2v) is 8.70. The highest BCUT2D eigenvalue weighted by molar-refractivity contribution is 6.46. The number of Topliss-reactive ketones (excluding diaryl/α,β-unsaturated/α-hetero) is 1. The molecule has 1 atom stereocenters. The van der Waals surface area contributed by atoms with E-state index in [-0.39, 0.29) is 17.9 Å². The molecule has 8 nitrogen and oxygen atoms in total. The maximum Gasteiger partial charge on any atom is 0.337 e. The van der Waals surface area contributed by atoms with Crippen LogP contribution < -0.4 is 9.47 Å². The molecule has 2 aliphatic rings. The zero-order chi connectivity index (χ0) is 25.9. The Balaban J connectivity index is 1.57. The number of likely N-dealkylation sites (tertiary alicyclic amines) is 1. The maximum absolute atomic E-state index is 13.3. The highest BCUT2D eigenvalue weighted by Gasteiger charge is 2.46. The lowest BCUT2D eigenvalue weighted by atomic mass is 9.94. The third-order valence-electron chi connectivity index (χ3n) is 6.49. The van der Waals surface area contributed by atoms with E-state index in [1.807, 2.05) is 30.3 Å². The van der Waals surface area contributed by atoms with E-state index in [1.54, 1.807) is 42.5 Å². The third kappa shape index (κ3) is 4.65. The number of benzene rings is 3. The number of carbonyl (C=O) groups is 3. The van der Waals surface area contributed by atoms with Crippen LogP contribution in [0, 0.1) is 0 Å². The molecule has 188 valence electrons. The fourth-order valence-corrected chi connectivity index (χ4v) is 4.62. The summed E-state index contributed by atoms with van der Waals surface area (Å²) in [5.74, 6) is -1.28. The van der Waals surface area contributed by atoms with Gasteiger partial charge in [0.05, 0.1) is 24.3 Å². The van der Waals surface area contributed by atoms with Gasteiger partial charge in [0.2, 0.25) is 0 Å². The number of esters is 1. The lowest BCUT2D eigenvalue weighted by Crippen LogP contribution is -2.31. The number of fused-ring (bicyclic) bond motifs is 1. The van der Waals surface area contributed by atoms with E-state index in [0.29, 0.717) is 47.8 Å². The standard InChI is InChI=1S/C29H25NO7/c1-35-29(34)20-9-7-19(8-10-20)25-24(26(31)21-11-12-22-23(17-21)37-16-15-36-22)27(32)28(33)30(25)14-13-18-5-3-2-4-6-18/h2-12,17,25,31H,13-16H2,1H3/b26-24+/t25-/m1/s1. The van der Waals surface area contributed by atoms with Gasteiger partial charge in [-0.2, -0.15) is 0 Å². The minimum Gasteiger partial charge on any atom is -0.507 e. The molecular weight excluding hydrogens is 474 g/mol. The second-order valence-electron chi connectivity index (χ2n) is 8.70. The fourth-order valence-electron chi connectivity index (χ4n) is 4.62. The Hall–Kier alpha value is -4.59. The molecule has 2 heterocycles. The summed E-state index contributed by atoms with van der Waals surface area (Å²) in [4.78, 5) is 39.9. The highest BCUT2D eigenvalue weighted by Crippen LogP contribution is 2.41. The molecule has 1 fully saturated rings. The zero-order valence-electron chi connectivity index (χ0n) is 20.2. The van der Waals surface area contributed by atoms with Gasteiger partial charge in [0.25, 0.3) is 11.7 Å². The van der Waals surface area contributed by atoms with Crippen molar-refractivity contribution in [2.45, 2.75) is 12.5 Å². The quantitative estimate of drug-likeness (QED) is 0.237. The third-order valence-corrected chi connectivity index (χ3v) is 6.49. The minimum atomic E-state index is -0.844. The number of hydrogen-bond acceptors (Lipinski definition) is 7. The largest absolute Gasteiger partial charge is 0.507 e. The van der Waals surface area contributed by atoms with Crippen molar-refractivity contribution in [2.75, 3.05) is 26.9 Å². The van der Waals surface area contributed by atoms with Crippen LogP contribution >= 0.6 is 0 Å². The first kappa shape index (κ1) is 24.1. The Labute approximate surface area is 213 Å². The molecule has 0 aromatic heterocycles. The molecular formula is C29H25NO7. The smallest absolute Gasteiger partial charge is 0.337 e. The van der Waals surface area contributed by atoms with Crippen molar-refractivity contribution in [2.24, 2.45) is 0 Å². The highest BCUT2D eigenvalue weighted by atomic mass is 16.6. The molecule has 1 amide bonds. The SMILES string of the molecule is COC(=O)c1ccc([C@@H]2/C(=C(\O)c3ccc4c(c3)OCCO4)C(=O)C(=O)N2CCc2ccccc2)cc1. The minimum absolute atomic E-state index is 0.0273. The number of ketones is 1. The molecule has 0 saturated carbocycles. The summed E-state index contributed by atoms with van der Waals surface area (Å²) in [7, 11) is 1.29. The van der Waals surface area contributed by atoms with Gasteiger partial charge in [0.1, 0.15) is 19.0 Å². The summed E-state index contributed by atoms with van der Waals surface area (Å²) in [6.45, 7) is 1.05. The average Bonchev–Trinajstić information content (AvgIpc) is 3.20. The number of carbonyl (C=O) groups excluding carboxylic acids is 3. The van der Waals surface area contributed by atoms with Crippen LogP contribution in [0.5, 0.6) is 11.5 Å². The van der Waals surface area contributed by atoms with Crippen molar-refractivity contribution in [1.29, 1.82) is 0 Å². The van der Waals surface area contributed by atoms with Crippen molar-refractivity contribution in [3.63, 3.8) is 0 Å². The van der Waals surface area contributed by atoms with Crippen molar-refractivity contribution < 1.29 is 33.7 Å². The van der Waals surface area contributed by atoms with Crippen LogP contribution in [0.15, 0.2) is 78.4 Å². The first-order valence-electron chi connectivity index (χ1n) is 11.9. The first-order valence-corrected chi connectivity index (χ1v) is 11.9. The molecule has 8 heteroatoms. The summed E-state index contributed by atoms with van der Waals surface area (Å²) in [5, 5.41) is 11.3. The monoisotopic (exact) mass is 499 g/mol. The Morgan fingerprint density at radius 1 is 0.946 bits per heavy atom. The number of rotatable bonds is 6. The first-order chi connectivity index (χ1) is 18.0. The van der Waals surface area contributed by atoms with Crippen LogP contribution in [-0.2, 0) is 20.7 Å². The Kier molecular flexibility index (Phi) is 6.64. The molecule has 37 heavy (non-hydrogen) atoms. The van der Waals surface area contributed by atoms with Gasteiger partial charge >= 0.3 is 5.97 Å². The molecule has 0 radical (unpaired) electrons. The molecule has 0 unspecified atom stereocenters. The van der Waals surface area contributed by atoms with E-state index in [2.05, 4.69) is 0 Å². The lowest BCUT2D eigenvalue weighted by molar-refractivity contribution is -0.139. The van der Waals surface area contributed by atoms with E-state index in [0.717, 1.165) is 5.56 Å². The van der Waals surface area contributed by atoms with Crippen LogP contribution in [0.2, 0.25) is 0 Å². The van der Waals surface area contributed by atoms with Gasteiger partial charge in [-0.15, -0.1) is 0 Å². The van der Waals surface area contributed by atoms with Crippen molar-refractivity contribution in [1.82, 2.24) is 4.90 Å². The topological polar surface area (TPSA) is 102 Å². The van der Waals surface area contributed by atoms with Crippen LogP contribution in [0.3, 0.4) is 0 Å². The van der Waals surface area contributed by atoms with Gasteiger partial charge in [0, 0.05) is 12.1 Å². The van der Waals surface area contributed by atoms with Gasteiger partial charge in [-0.3, -0.25) is 9.59 Å². The molecule has 0 aliphatic carbocycles. The molecule has 0 spiro atoms. The molecule has 1 saturated heterocycles. The maximum atomic E-state index is 13.3. The average molecular weight is 500 g/mol. The lowest BCUT2D eigenvalue weighted by Gasteiger charge is -2.25. The molecule has 2 aliphatic heterocycles. The van der Waals surface area contributed by atoms with Crippen LogP contribution in [0.4, 0.5) is 0 Å². The molecule has 3 aromatic rings. The van der Waals surface area contributed by atoms with Gasteiger partial charge in [-0.05, 0) is 47.9 Å². The summed E-state index contributed by atoms with van der Waals surface area (Å²) in [6, 6.07) is 20.1. The molecule has 1 N–H and O–H groups in total. The van der Waals surface area contributed by atoms with Crippen molar-refractivity contribution in [3.8, 4) is 11.5 Å². The Morgan fingerprint density at radius 2 is 1.62 bits per heavy atom. The van der Waals surface area contributed by atoms with Crippen molar-refractivity contribution >= 4 is 23.4 Å². The summed E-state index contributed by atoms with van der Waals surface area (Å²) < 4.78 is 16.0. The van der Waals surface area contributed by atoms with E-state index in [1.165, 1.54) is 12.0 Å². The molecule has 5 rings (SSSR count). The van der Waals surface area contributed by atoms with Crippen LogP contribution in [0.25, 0.3) is 5.76 Å². The summed E-state index contributed by atoms with van der Waals surface area (Å²) in [5.41, 5.74) is 2.23. The Bertz CT molecular complexity index is 1380. The van der Waals surface area contributed by atoms with Gasteiger partial charge in [-0.25, -0.2) is 4.79 Å². The number of amides is 1. The fraction of sp³-hybridized carbons (Fsp3) is 0.207. The van der Waals surface area contributed by atoms with Gasteiger partial charge < -0.3 is 24.2 Å². The molecule has 3 aromatic carbocycles. The number of aliphatic hydroxyl groups excluding tert-OH is 1. The van der Waals surface area contributed by atoms with Crippen molar-refractivity contribution in [3.05, 3.63) is 101 Å². The second kappa shape index (κ2) is 10.2. The zero-order valence-corrected chi connectivity index (χ0v) is 20.2. The Morgan fingerprint density at radius 3 is 2.32 bits per heavy atom. The summed E-state index contributed by atoms with van der Waals surface area (Å²) in [6.07, 6.45) is 0.522. The predicted octanol–water partition coefficient (Wildman–Crippen LogP) is 3.91. The number of hydrogen-bond donors (Lipinski definition) is 1.